The Morgan fingerprint density at radius 2 is 2.05 bits per heavy atom. The molecule has 112 valence electrons. The Bertz CT molecular complexity index is 642. The van der Waals surface area contributed by atoms with Gasteiger partial charge >= 0.3 is 0 Å². The van der Waals surface area contributed by atoms with E-state index in [9.17, 15) is 4.79 Å². The fourth-order valence-corrected chi connectivity index (χ4v) is 2.42. The zero-order chi connectivity index (χ0) is 15.6. The van der Waals surface area contributed by atoms with Crippen LogP contribution < -0.4 is 10.1 Å². The van der Waals surface area contributed by atoms with Gasteiger partial charge in [0.25, 0.3) is 5.91 Å². The molecule has 1 amide bonds. The Kier molecular flexibility index (Phi) is 4.31. The molecule has 0 aliphatic carbocycles. The summed E-state index contributed by atoms with van der Waals surface area (Å²) in [5.41, 5.74) is 4.17. The third-order valence-corrected chi connectivity index (χ3v) is 3.55. The standard InChI is InChI=1S/C16H21N3O2/c1-9-6-7-14(21-5)13(8-9)10(2)17-16(20)15-11(3)18-19-12(15)4/h6-8,10H,1-5H3,(H,17,20)(H,18,19). The summed E-state index contributed by atoms with van der Waals surface area (Å²) in [7, 11) is 1.63. The first kappa shape index (κ1) is 15.1. The Labute approximate surface area is 124 Å². The minimum Gasteiger partial charge on any atom is -0.496 e. The number of aryl methyl sites for hydroxylation is 3. The molecule has 0 aliphatic heterocycles. The summed E-state index contributed by atoms with van der Waals surface area (Å²) < 4.78 is 5.37. The molecule has 0 aliphatic rings. The van der Waals surface area contributed by atoms with Crippen molar-refractivity contribution < 1.29 is 9.53 Å². The number of benzene rings is 1. The molecular weight excluding hydrogens is 266 g/mol. The zero-order valence-electron chi connectivity index (χ0n) is 13.1. The molecule has 0 saturated heterocycles. The second-order valence-corrected chi connectivity index (χ2v) is 5.25. The molecule has 0 saturated carbocycles. The molecule has 5 nitrogen and oxygen atoms in total. The van der Waals surface area contributed by atoms with Crippen molar-refractivity contribution in [3.63, 3.8) is 0 Å². The first-order valence-electron chi connectivity index (χ1n) is 6.91. The Hall–Kier alpha value is -2.30. The Morgan fingerprint density at radius 3 is 2.62 bits per heavy atom. The number of hydrogen-bond acceptors (Lipinski definition) is 3. The van der Waals surface area contributed by atoms with Crippen LogP contribution in [0.1, 0.15) is 45.8 Å². The highest BCUT2D eigenvalue weighted by atomic mass is 16.5. The highest BCUT2D eigenvalue weighted by molar-refractivity contribution is 5.96. The minimum atomic E-state index is -0.152. The van der Waals surface area contributed by atoms with Crippen LogP contribution in [0.25, 0.3) is 0 Å². The van der Waals surface area contributed by atoms with Crippen molar-refractivity contribution in [3.8, 4) is 5.75 Å². The molecule has 0 radical (unpaired) electrons. The van der Waals surface area contributed by atoms with E-state index in [0.29, 0.717) is 11.3 Å². The van der Waals surface area contributed by atoms with E-state index >= 15 is 0 Å². The topological polar surface area (TPSA) is 67.0 Å². The smallest absolute Gasteiger partial charge is 0.255 e. The summed E-state index contributed by atoms with van der Waals surface area (Å²) in [5, 5.41) is 9.88. The van der Waals surface area contributed by atoms with Crippen molar-refractivity contribution in [1.29, 1.82) is 0 Å². The molecule has 1 unspecified atom stereocenters. The number of hydrogen-bond donors (Lipinski definition) is 2. The van der Waals surface area contributed by atoms with Gasteiger partial charge in [-0.2, -0.15) is 5.10 Å². The van der Waals surface area contributed by atoms with Crippen LogP contribution in [0.5, 0.6) is 5.75 Å². The van der Waals surface area contributed by atoms with E-state index in [0.717, 1.165) is 22.6 Å². The highest BCUT2D eigenvalue weighted by Gasteiger charge is 2.19. The van der Waals surface area contributed by atoms with Gasteiger partial charge in [-0.05, 0) is 33.8 Å². The fraction of sp³-hybridized carbons (Fsp3) is 0.375. The fourth-order valence-electron chi connectivity index (χ4n) is 2.42. The molecule has 1 aromatic heterocycles. The normalized spacial score (nSPS) is 12.0. The van der Waals surface area contributed by atoms with Crippen molar-refractivity contribution in [1.82, 2.24) is 15.5 Å². The number of nitrogens with zero attached hydrogens (tertiary/aromatic N) is 1. The van der Waals surface area contributed by atoms with Gasteiger partial charge in [-0.25, -0.2) is 0 Å². The van der Waals surface area contributed by atoms with Crippen molar-refractivity contribution in [2.75, 3.05) is 7.11 Å². The SMILES string of the molecule is COc1ccc(C)cc1C(C)NC(=O)c1c(C)n[nH]c1C. The van der Waals surface area contributed by atoms with Crippen LogP contribution >= 0.6 is 0 Å². The van der Waals surface area contributed by atoms with Gasteiger partial charge in [-0.3, -0.25) is 9.89 Å². The molecule has 0 bridgehead atoms. The number of amides is 1. The lowest BCUT2D eigenvalue weighted by Crippen LogP contribution is -2.27. The number of aromatic nitrogens is 2. The monoisotopic (exact) mass is 287 g/mol. The zero-order valence-corrected chi connectivity index (χ0v) is 13.1. The molecule has 1 heterocycles. The average molecular weight is 287 g/mol. The summed E-state index contributed by atoms with van der Waals surface area (Å²) >= 11 is 0. The van der Waals surface area contributed by atoms with Crippen LogP contribution in [0.3, 0.4) is 0 Å². The lowest BCUT2D eigenvalue weighted by molar-refractivity contribution is 0.0938. The Morgan fingerprint density at radius 1 is 1.33 bits per heavy atom. The second-order valence-electron chi connectivity index (χ2n) is 5.25. The van der Waals surface area contributed by atoms with Crippen LogP contribution in [-0.2, 0) is 0 Å². The molecule has 0 spiro atoms. The lowest BCUT2D eigenvalue weighted by Gasteiger charge is -2.18. The molecule has 21 heavy (non-hydrogen) atoms. The summed E-state index contributed by atoms with van der Waals surface area (Å²) in [5.74, 6) is 0.642. The maximum atomic E-state index is 12.4. The maximum absolute atomic E-state index is 12.4. The number of carbonyl (C=O) groups is 1. The predicted molar refractivity (Wildman–Crippen MR) is 81.7 cm³/mol. The minimum absolute atomic E-state index is 0.130. The van der Waals surface area contributed by atoms with Gasteiger partial charge in [0.05, 0.1) is 24.4 Å². The summed E-state index contributed by atoms with van der Waals surface area (Å²) in [6.45, 7) is 7.62. The molecule has 2 aromatic rings. The van der Waals surface area contributed by atoms with E-state index in [1.54, 1.807) is 7.11 Å². The highest BCUT2D eigenvalue weighted by Crippen LogP contribution is 2.26. The second kappa shape index (κ2) is 5.99. The molecule has 1 atom stereocenters. The van der Waals surface area contributed by atoms with Crippen molar-refractivity contribution in [2.24, 2.45) is 0 Å². The van der Waals surface area contributed by atoms with Crippen molar-refractivity contribution >= 4 is 5.91 Å². The van der Waals surface area contributed by atoms with Gasteiger partial charge in [0.15, 0.2) is 0 Å². The molecule has 2 rings (SSSR count). The van der Waals surface area contributed by atoms with Gasteiger partial charge in [0.2, 0.25) is 0 Å². The van der Waals surface area contributed by atoms with E-state index in [4.69, 9.17) is 4.74 Å². The quantitative estimate of drug-likeness (QED) is 0.908. The number of nitrogens with one attached hydrogen (secondary N) is 2. The summed E-state index contributed by atoms with van der Waals surface area (Å²) in [6.07, 6.45) is 0. The number of carbonyl (C=O) groups excluding carboxylic acids is 1. The van der Waals surface area contributed by atoms with E-state index in [1.165, 1.54) is 0 Å². The van der Waals surface area contributed by atoms with Crippen LogP contribution in [0.15, 0.2) is 18.2 Å². The number of rotatable bonds is 4. The van der Waals surface area contributed by atoms with Gasteiger partial charge in [-0.1, -0.05) is 17.7 Å². The number of aromatic amines is 1. The third kappa shape index (κ3) is 3.07. The lowest BCUT2D eigenvalue weighted by atomic mass is 10.0. The van der Waals surface area contributed by atoms with Gasteiger partial charge in [0, 0.05) is 11.3 Å². The van der Waals surface area contributed by atoms with Crippen molar-refractivity contribution in [2.45, 2.75) is 33.7 Å². The molecular formula is C16H21N3O2. The summed E-state index contributed by atoms with van der Waals surface area (Å²) in [6, 6.07) is 5.78. The first-order chi connectivity index (χ1) is 9.93. The average Bonchev–Trinajstić information content (AvgIpc) is 2.78. The number of methoxy groups -OCH3 is 1. The molecule has 0 fully saturated rings. The van der Waals surface area contributed by atoms with Crippen molar-refractivity contribution in [3.05, 3.63) is 46.3 Å². The molecule has 2 N–H and O–H groups in total. The van der Waals surface area contributed by atoms with Gasteiger partial charge < -0.3 is 10.1 Å². The van der Waals surface area contributed by atoms with Crippen LogP contribution in [0, 0.1) is 20.8 Å². The van der Waals surface area contributed by atoms with Crippen LogP contribution in [0.4, 0.5) is 0 Å². The van der Waals surface area contributed by atoms with E-state index in [1.807, 2.05) is 45.9 Å². The van der Waals surface area contributed by atoms with E-state index in [-0.39, 0.29) is 11.9 Å². The third-order valence-electron chi connectivity index (χ3n) is 3.55. The van der Waals surface area contributed by atoms with Gasteiger partial charge in [0.1, 0.15) is 5.75 Å². The van der Waals surface area contributed by atoms with Crippen LogP contribution in [-0.4, -0.2) is 23.2 Å². The number of H-pyrrole nitrogens is 1. The largest absolute Gasteiger partial charge is 0.496 e. The van der Waals surface area contributed by atoms with E-state index in [2.05, 4.69) is 15.5 Å². The molecule has 5 heteroatoms. The Balaban J connectivity index is 2.24. The maximum Gasteiger partial charge on any atom is 0.255 e. The van der Waals surface area contributed by atoms with Crippen LogP contribution in [0.2, 0.25) is 0 Å². The van der Waals surface area contributed by atoms with Gasteiger partial charge in [-0.15, -0.1) is 0 Å². The van der Waals surface area contributed by atoms with E-state index < -0.39 is 0 Å². The predicted octanol–water partition coefficient (Wildman–Crippen LogP) is 2.83. The summed E-state index contributed by atoms with van der Waals surface area (Å²) in [4.78, 5) is 12.4. The number of ether oxygens (including phenoxy) is 1. The molecule has 1 aromatic carbocycles. The first-order valence-corrected chi connectivity index (χ1v) is 6.91.